The van der Waals surface area contributed by atoms with Crippen molar-refractivity contribution in [1.82, 2.24) is 0 Å². The second-order valence-corrected chi connectivity index (χ2v) is 3.89. The Morgan fingerprint density at radius 1 is 0.889 bits per heavy atom. The van der Waals surface area contributed by atoms with Crippen molar-refractivity contribution in [3.63, 3.8) is 0 Å². The van der Waals surface area contributed by atoms with Gasteiger partial charge in [-0.25, -0.2) is 9.59 Å². The zero-order valence-corrected chi connectivity index (χ0v) is 10.2. The van der Waals surface area contributed by atoms with Gasteiger partial charge < -0.3 is 10.2 Å². The van der Waals surface area contributed by atoms with Crippen LogP contribution in [0.4, 0.5) is 0 Å². The molecule has 0 aliphatic heterocycles. The van der Waals surface area contributed by atoms with Gasteiger partial charge in [0.15, 0.2) is 0 Å². The van der Waals surface area contributed by atoms with Crippen LogP contribution in [0.5, 0.6) is 0 Å². The Balaban J connectivity index is 3.24. The van der Waals surface area contributed by atoms with Gasteiger partial charge >= 0.3 is 11.9 Å². The Morgan fingerprint density at radius 3 is 1.50 bits per heavy atom. The zero-order chi connectivity index (χ0) is 13.7. The predicted molar refractivity (Wildman–Crippen MR) is 69.0 cm³/mol. The SMILES string of the molecule is CC(=Cc1ccccc1C=C(C)C(=O)O)C(=O)O. The highest BCUT2D eigenvalue weighted by Crippen LogP contribution is 2.16. The van der Waals surface area contributed by atoms with E-state index in [2.05, 4.69) is 0 Å². The molecule has 0 heterocycles. The molecule has 0 saturated carbocycles. The minimum absolute atomic E-state index is 0.198. The third-order valence-electron chi connectivity index (χ3n) is 2.41. The number of benzene rings is 1. The first kappa shape index (κ1) is 13.7. The summed E-state index contributed by atoms with van der Waals surface area (Å²) in [5.74, 6) is -1.99. The fourth-order valence-electron chi connectivity index (χ4n) is 1.36. The van der Waals surface area contributed by atoms with E-state index in [1.165, 1.54) is 26.0 Å². The van der Waals surface area contributed by atoms with Gasteiger partial charge in [-0.1, -0.05) is 24.3 Å². The number of carbonyl (C=O) groups is 2. The summed E-state index contributed by atoms with van der Waals surface area (Å²) in [5.41, 5.74) is 1.75. The molecule has 1 rings (SSSR count). The standard InChI is InChI=1S/C14H14O4/c1-9(13(15)16)7-11-5-3-4-6-12(11)8-10(2)14(17)18/h3-8H,1-2H3,(H,15,16)(H,17,18). The molecule has 0 aliphatic carbocycles. The Morgan fingerprint density at radius 2 is 1.22 bits per heavy atom. The summed E-state index contributed by atoms with van der Waals surface area (Å²) in [6.07, 6.45) is 3.03. The molecule has 0 amide bonds. The van der Waals surface area contributed by atoms with Crippen molar-refractivity contribution in [1.29, 1.82) is 0 Å². The van der Waals surface area contributed by atoms with Crippen LogP contribution < -0.4 is 0 Å². The minimum Gasteiger partial charge on any atom is -0.478 e. The molecule has 94 valence electrons. The number of carboxylic acid groups (broad SMARTS) is 2. The van der Waals surface area contributed by atoms with Gasteiger partial charge in [0.25, 0.3) is 0 Å². The minimum atomic E-state index is -0.997. The van der Waals surface area contributed by atoms with Crippen molar-refractivity contribution in [2.24, 2.45) is 0 Å². The monoisotopic (exact) mass is 246 g/mol. The second-order valence-electron chi connectivity index (χ2n) is 3.89. The topological polar surface area (TPSA) is 74.6 Å². The summed E-state index contributed by atoms with van der Waals surface area (Å²) >= 11 is 0. The molecule has 2 N–H and O–H groups in total. The lowest BCUT2D eigenvalue weighted by Gasteiger charge is -2.03. The third-order valence-corrected chi connectivity index (χ3v) is 2.41. The van der Waals surface area contributed by atoms with Gasteiger partial charge in [0, 0.05) is 11.1 Å². The molecule has 0 spiro atoms. The van der Waals surface area contributed by atoms with Gasteiger partial charge in [-0.05, 0) is 37.1 Å². The van der Waals surface area contributed by atoms with E-state index < -0.39 is 11.9 Å². The van der Waals surface area contributed by atoms with Crippen molar-refractivity contribution in [3.8, 4) is 0 Å². The van der Waals surface area contributed by atoms with Gasteiger partial charge in [-0.2, -0.15) is 0 Å². The summed E-state index contributed by atoms with van der Waals surface area (Å²) < 4.78 is 0. The average molecular weight is 246 g/mol. The van der Waals surface area contributed by atoms with Crippen LogP contribution in [0.15, 0.2) is 35.4 Å². The van der Waals surface area contributed by atoms with Crippen LogP contribution in [0, 0.1) is 0 Å². The molecule has 4 nitrogen and oxygen atoms in total. The smallest absolute Gasteiger partial charge is 0.331 e. The fourth-order valence-corrected chi connectivity index (χ4v) is 1.36. The van der Waals surface area contributed by atoms with Crippen LogP contribution in [-0.4, -0.2) is 22.2 Å². The van der Waals surface area contributed by atoms with Gasteiger partial charge in [0.2, 0.25) is 0 Å². The van der Waals surface area contributed by atoms with E-state index in [4.69, 9.17) is 10.2 Å². The quantitative estimate of drug-likeness (QED) is 0.801. The molecule has 0 fully saturated rings. The summed E-state index contributed by atoms with van der Waals surface area (Å²) in [4.78, 5) is 21.5. The molecule has 0 saturated heterocycles. The molecule has 0 aromatic heterocycles. The Kier molecular flexibility index (Phi) is 4.43. The van der Waals surface area contributed by atoms with Gasteiger partial charge in [0.1, 0.15) is 0 Å². The average Bonchev–Trinajstić information content (AvgIpc) is 2.31. The first-order valence-corrected chi connectivity index (χ1v) is 5.34. The molecule has 0 bridgehead atoms. The summed E-state index contributed by atoms with van der Waals surface area (Å²) in [6.45, 7) is 2.99. The molecular weight excluding hydrogens is 232 g/mol. The second kappa shape index (κ2) is 5.82. The lowest BCUT2D eigenvalue weighted by Crippen LogP contribution is -1.97. The van der Waals surface area contributed by atoms with E-state index in [1.54, 1.807) is 24.3 Å². The number of aliphatic carboxylic acids is 2. The zero-order valence-electron chi connectivity index (χ0n) is 10.2. The number of carboxylic acids is 2. The van der Waals surface area contributed by atoms with Crippen LogP contribution in [0.3, 0.4) is 0 Å². The van der Waals surface area contributed by atoms with Crippen molar-refractivity contribution >= 4 is 24.1 Å². The van der Waals surface area contributed by atoms with E-state index >= 15 is 0 Å². The van der Waals surface area contributed by atoms with E-state index in [0.29, 0.717) is 11.1 Å². The normalized spacial score (nSPS) is 12.3. The van der Waals surface area contributed by atoms with E-state index in [0.717, 1.165) is 0 Å². The molecule has 4 heteroatoms. The number of hydrogen-bond donors (Lipinski definition) is 2. The highest BCUT2D eigenvalue weighted by molar-refractivity contribution is 5.94. The van der Waals surface area contributed by atoms with Crippen LogP contribution in [0.2, 0.25) is 0 Å². The largest absolute Gasteiger partial charge is 0.478 e. The summed E-state index contributed by atoms with van der Waals surface area (Å²) in [7, 11) is 0. The molecule has 0 atom stereocenters. The molecule has 1 aromatic rings. The van der Waals surface area contributed by atoms with E-state index in [-0.39, 0.29) is 11.1 Å². The third kappa shape index (κ3) is 3.59. The van der Waals surface area contributed by atoms with Gasteiger partial charge in [-0.3, -0.25) is 0 Å². The Labute approximate surface area is 105 Å². The van der Waals surface area contributed by atoms with Gasteiger partial charge in [-0.15, -0.1) is 0 Å². The summed E-state index contributed by atoms with van der Waals surface area (Å²) in [5, 5.41) is 17.7. The molecule has 18 heavy (non-hydrogen) atoms. The van der Waals surface area contributed by atoms with Crippen molar-refractivity contribution < 1.29 is 19.8 Å². The highest BCUT2D eigenvalue weighted by Gasteiger charge is 2.05. The Hall–Kier alpha value is -2.36. The van der Waals surface area contributed by atoms with Crippen LogP contribution in [0.1, 0.15) is 25.0 Å². The first-order chi connectivity index (χ1) is 8.41. The maximum absolute atomic E-state index is 10.8. The van der Waals surface area contributed by atoms with E-state index in [1.807, 2.05) is 0 Å². The molecule has 1 aromatic carbocycles. The maximum atomic E-state index is 10.8. The van der Waals surface area contributed by atoms with Crippen molar-refractivity contribution in [3.05, 3.63) is 46.5 Å². The molecule has 0 aliphatic rings. The lowest BCUT2D eigenvalue weighted by atomic mass is 10.0. The molecular formula is C14H14O4. The van der Waals surface area contributed by atoms with Crippen molar-refractivity contribution in [2.75, 3.05) is 0 Å². The fraction of sp³-hybridized carbons (Fsp3) is 0.143. The maximum Gasteiger partial charge on any atom is 0.331 e. The van der Waals surface area contributed by atoms with Crippen molar-refractivity contribution in [2.45, 2.75) is 13.8 Å². The van der Waals surface area contributed by atoms with Crippen LogP contribution in [0.25, 0.3) is 12.2 Å². The number of hydrogen-bond acceptors (Lipinski definition) is 2. The number of rotatable bonds is 4. The van der Waals surface area contributed by atoms with Gasteiger partial charge in [0.05, 0.1) is 0 Å². The lowest BCUT2D eigenvalue weighted by molar-refractivity contribution is -0.133. The van der Waals surface area contributed by atoms with Crippen LogP contribution >= 0.6 is 0 Å². The summed E-state index contributed by atoms with van der Waals surface area (Å²) in [6, 6.07) is 7.03. The highest BCUT2D eigenvalue weighted by atomic mass is 16.4. The first-order valence-electron chi connectivity index (χ1n) is 5.34. The molecule has 0 radical (unpaired) electrons. The van der Waals surface area contributed by atoms with E-state index in [9.17, 15) is 9.59 Å². The molecule has 0 unspecified atom stereocenters. The Bertz CT molecular complexity index is 489. The van der Waals surface area contributed by atoms with Crippen LogP contribution in [-0.2, 0) is 9.59 Å². The predicted octanol–water partition coefficient (Wildman–Crippen LogP) is 2.66.